The molecule has 1 aliphatic heterocycles. The van der Waals surface area contributed by atoms with Gasteiger partial charge in [-0.25, -0.2) is 0 Å². The number of hydrogen-bond acceptors (Lipinski definition) is 2. The third-order valence-electron chi connectivity index (χ3n) is 4.18. The van der Waals surface area contributed by atoms with Gasteiger partial charge in [0, 0.05) is 19.0 Å². The molecule has 1 atom stereocenters. The Bertz CT molecular complexity index is 243. The molecule has 1 rings (SSSR count). The lowest BCUT2D eigenvalue weighted by atomic mass is 10.1. The van der Waals surface area contributed by atoms with Crippen molar-refractivity contribution >= 4 is 5.91 Å². The summed E-state index contributed by atoms with van der Waals surface area (Å²) < 4.78 is 0. The summed E-state index contributed by atoms with van der Waals surface area (Å²) in [5.41, 5.74) is 5.56. The van der Waals surface area contributed by atoms with Crippen molar-refractivity contribution < 1.29 is 4.79 Å². The fraction of sp³-hybridized carbons (Fsp3) is 0.938. The standard InChI is InChI=1S/C16H32N2O/c1-2-3-4-5-6-7-12-16(19)18-14-9-11-15(18)10-8-13-17/h15H,2-14,17H2,1H3. The molecule has 1 amide bonds. The average Bonchev–Trinajstić information content (AvgIpc) is 2.88. The molecule has 0 aromatic heterocycles. The van der Waals surface area contributed by atoms with Crippen LogP contribution in [0.1, 0.15) is 77.6 Å². The number of amides is 1. The fourth-order valence-corrected chi connectivity index (χ4v) is 3.02. The van der Waals surface area contributed by atoms with Crippen molar-refractivity contribution in [3.8, 4) is 0 Å². The van der Waals surface area contributed by atoms with E-state index in [4.69, 9.17) is 5.73 Å². The number of hydrogen-bond donors (Lipinski definition) is 1. The smallest absolute Gasteiger partial charge is 0.222 e. The third-order valence-corrected chi connectivity index (χ3v) is 4.18. The Labute approximate surface area is 118 Å². The van der Waals surface area contributed by atoms with Crippen LogP contribution in [-0.4, -0.2) is 29.9 Å². The summed E-state index contributed by atoms with van der Waals surface area (Å²) in [4.78, 5) is 14.3. The lowest BCUT2D eigenvalue weighted by molar-refractivity contribution is -0.132. The fourth-order valence-electron chi connectivity index (χ4n) is 3.02. The first-order chi connectivity index (χ1) is 9.29. The number of likely N-dealkylation sites (tertiary alicyclic amines) is 1. The van der Waals surface area contributed by atoms with Gasteiger partial charge in [0.05, 0.1) is 0 Å². The van der Waals surface area contributed by atoms with E-state index in [9.17, 15) is 4.79 Å². The van der Waals surface area contributed by atoms with Gasteiger partial charge in [-0.1, -0.05) is 39.0 Å². The molecule has 0 aromatic rings. The Kier molecular flexibility index (Phi) is 8.89. The zero-order valence-electron chi connectivity index (χ0n) is 12.7. The summed E-state index contributed by atoms with van der Waals surface area (Å²) in [7, 11) is 0. The van der Waals surface area contributed by atoms with E-state index in [2.05, 4.69) is 11.8 Å². The van der Waals surface area contributed by atoms with E-state index < -0.39 is 0 Å². The monoisotopic (exact) mass is 268 g/mol. The molecule has 0 spiro atoms. The van der Waals surface area contributed by atoms with Gasteiger partial charge in [0.15, 0.2) is 0 Å². The van der Waals surface area contributed by atoms with E-state index in [0.717, 1.165) is 38.8 Å². The minimum Gasteiger partial charge on any atom is -0.340 e. The first-order valence-corrected chi connectivity index (χ1v) is 8.29. The number of nitrogens with two attached hydrogens (primary N) is 1. The zero-order valence-corrected chi connectivity index (χ0v) is 12.7. The van der Waals surface area contributed by atoms with Crippen LogP contribution in [0.4, 0.5) is 0 Å². The van der Waals surface area contributed by atoms with Gasteiger partial charge in [-0.3, -0.25) is 4.79 Å². The van der Waals surface area contributed by atoms with E-state index in [-0.39, 0.29) is 0 Å². The van der Waals surface area contributed by atoms with Gasteiger partial charge in [0.1, 0.15) is 0 Å². The van der Waals surface area contributed by atoms with Crippen LogP contribution in [0, 0.1) is 0 Å². The maximum Gasteiger partial charge on any atom is 0.222 e. The molecule has 112 valence electrons. The van der Waals surface area contributed by atoms with Crippen LogP contribution in [0.2, 0.25) is 0 Å². The molecular formula is C16H32N2O. The van der Waals surface area contributed by atoms with Gasteiger partial charge >= 0.3 is 0 Å². The third kappa shape index (κ3) is 6.42. The summed E-state index contributed by atoms with van der Waals surface area (Å²) in [5.74, 6) is 0.384. The lowest BCUT2D eigenvalue weighted by Crippen LogP contribution is -2.35. The zero-order chi connectivity index (χ0) is 13.9. The van der Waals surface area contributed by atoms with Crippen LogP contribution < -0.4 is 5.73 Å². The molecule has 1 saturated heterocycles. The van der Waals surface area contributed by atoms with Crippen molar-refractivity contribution in [1.82, 2.24) is 4.90 Å². The van der Waals surface area contributed by atoms with Gasteiger partial charge < -0.3 is 10.6 Å². The summed E-state index contributed by atoms with van der Waals surface area (Å²) in [6.07, 6.45) is 12.8. The summed E-state index contributed by atoms with van der Waals surface area (Å²) >= 11 is 0. The van der Waals surface area contributed by atoms with Gasteiger partial charge in [0.25, 0.3) is 0 Å². The molecule has 0 radical (unpaired) electrons. The number of unbranched alkanes of at least 4 members (excludes halogenated alkanes) is 5. The molecule has 1 fully saturated rings. The number of carbonyl (C=O) groups excluding carboxylic acids is 1. The highest BCUT2D eigenvalue weighted by Crippen LogP contribution is 2.22. The Balaban J connectivity index is 2.13. The molecule has 0 saturated carbocycles. The lowest BCUT2D eigenvalue weighted by Gasteiger charge is -2.24. The van der Waals surface area contributed by atoms with Crippen LogP contribution in [0.15, 0.2) is 0 Å². The molecule has 1 unspecified atom stereocenters. The van der Waals surface area contributed by atoms with E-state index >= 15 is 0 Å². The van der Waals surface area contributed by atoms with Crippen LogP contribution >= 0.6 is 0 Å². The predicted molar refractivity (Wildman–Crippen MR) is 81.0 cm³/mol. The highest BCUT2D eigenvalue weighted by Gasteiger charge is 2.27. The molecule has 1 aliphatic rings. The van der Waals surface area contributed by atoms with Crippen molar-refractivity contribution in [2.45, 2.75) is 83.6 Å². The van der Waals surface area contributed by atoms with Gasteiger partial charge in [-0.2, -0.15) is 0 Å². The maximum atomic E-state index is 12.2. The van der Waals surface area contributed by atoms with E-state index in [0.29, 0.717) is 11.9 Å². The minimum atomic E-state index is 0.384. The second kappa shape index (κ2) is 10.2. The Morgan fingerprint density at radius 1 is 1.16 bits per heavy atom. The van der Waals surface area contributed by atoms with Crippen molar-refractivity contribution in [2.24, 2.45) is 5.73 Å². The summed E-state index contributed by atoms with van der Waals surface area (Å²) in [6.45, 7) is 3.96. The molecule has 3 heteroatoms. The first kappa shape index (κ1) is 16.5. The second-order valence-corrected chi connectivity index (χ2v) is 5.83. The highest BCUT2D eigenvalue weighted by atomic mass is 16.2. The quantitative estimate of drug-likeness (QED) is 0.617. The molecule has 1 heterocycles. The molecule has 2 N–H and O–H groups in total. The second-order valence-electron chi connectivity index (χ2n) is 5.83. The molecule has 0 aliphatic carbocycles. The average molecular weight is 268 g/mol. The van der Waals surface area contributed by atoms with Crippen LogP contribution in [0.5, 0.6) is 0 Å². The van der Waals surface area contributed by atoms with Crippen molar-refractivity contribution in [3.05, 3.63) is 0 Å². The largest absolute Gasteiger partial charge is 0.340 e. The molecule has 0 bridgehead atoms. The SMILES string of the molecule is CCCCCCCCC(=O)N1CCCC1CCCN. The van der Waals surface area contributed by atoms with Gasteiger partial charge in [-0.05, 0) is 38.6 Å². The summed E-state index contributed by atoms with van der Waals surface area (Å²) in [6, 6.07) is 0.483. The number of rotatable bonds is 10. The summed E-state index contributed by atoms with van der Waals surface area (Å²) in [5, 5.41) is 0. The van der Waals surface area contributed by atoms with Crippen molar-refractivity contribution in [1.29, 1.82) is 0 Å². The van der Waals surface area contributed by atoms with Crippen molar-refractivity contribution in [3.63, 3.8) is 0 Å². The van der Waals surface area contributed by atoms with Gasteiger partial charge in [0.2, 0.25) is 5.91 Å². The molecular weight excluding hydrogens is 236 g/mol. The molecule has 19 heavy (non-hydrogen) atoms. The van der Waals surface area contributed by atoms with Crippen molar-refractivity contribution in [2.75, 3.05) is 13.1 Å². The topological polar surface area (TPSA) is 46.3 Å². The van der Waals surface area contributed by atoms with Crippen LogP contribution in [0.3, 0.4) is 0 Å². The van der Waals surface area contributed by atoms with E-state index in [1.54, 1.807) is 0 Å². The first-order valence-electron chi connectivity index (χ1n) is 8.29. The van der Waals surface area contributed by atoms with E-state index in [1.165, 1.54) is 44.9 Å². The predicted octanol–water partition coefficient (Wildman–Crippen LogP) is 3.47. The Morgan fingerprint density at radius 2 is 1.89 bits per heavy atom. The van der Waals surface area contributed by atoms with Gasteiger partial charge in [-0.15, -0.1) is 0 Å². The molecule has 0 aromatic carbocycles. The minimum absolute atomic E-state index is 0.384. The normalized spacial score (nSPS) is 19.1. The Hall–Kier alpha value is -0.570. The molecule has 3 nitrogen and oxygen atoms in total. The van der Waals surface area contributed by atoms with E-state index in [1.807, 2.05) is 0 Å². The number of carbonyl (C=O) groups is 1. The highest BCUT2D eigenvalue weighted by molar-refractivity contribution is 5.76. The van der Waals surface area contributed by atoms with Crippen LogP contribution in [-0.2, 0) is 4.79 Å². The van der Waals surface area contributed by atoms with Crippen LogP contribution in [0.25, 0.3) is 0 Å². The number of nitrogens with zero attached hydrogens (tertiary/aromatic N) is 1. The Morgan fingerprint density at radius 3 is 2.63 bits per heavy atom. The maximum absolute atomic E-state index is 12.2.